The van der Waals surface area contributed by atoms with Crippen LogP contribution in [0.15, 0.2) is 24.3 Å². The molecule has 0 atom stereocenters. The van der Waals surface area contributed by atoms with Crippen molar-refractivity contribution in [3.05, 3.63) is 35.4 Å². The van der Waals surface area contributed by atoms with Gasteiger partial charge in [0.05, 0.1) is 5.56 Å². The van der Waals surface area contributed by atoms with Crippen molar-refractivity contribution in [2.45, 2.75) is 37.6 Å². The number of nitrogens with two attached hydrogens (primary N) is 1. The van der Waals surface area contributed by atoms with E-state index in [0.717, 1.165) is 24.8 Å². The van der Waals surface area contributed by atoms with E-state index in [9.17, 15) is 9.59 Å². The summed E-state index contributed by atoms with van der Waals surface area (Å²) in [7, 11) is 1.74. The summed E-state index contributed by atoms with van der Waals surface area (Å²) in [6.45, 7) is 0.499. The van der Waals surface area contributed by atoms with E-state index >= 15 is 0 Å². The first kappa shape index (κ1) is 15.5. The van der Waals surface area contributed by atoms with Gasteiger partial charge in [-0.25, -0.2) is 4.79 Å². The molecule has 2 rings (SSSR count). The number of hydrogen-bond donors (Lipinski definition) is 2. The Labute approximate surface area is 124 Å². The number of rotatable bonds is 6. The minimum atomic E-state index is -0.935. The third kappa shape index (κ3) is 3.82. The molecule has 5 nitrogen and oxygen atoms in total. The molecule has 21 heavy (non-hydrogen) atoms. The molecule has 1 fully saturated rings. The van der Waals surface area contributed by atoms with Crippen LogP contribution in [0.1, 0.15) is 41.6 Å². The van der Waals surface area contributed by atoms with E-state index in [1.165, 1.54) is 0 Å². The highest BCUT2D eigenvalue weighted by Crippen LogP contribution is 2.32. The van der Waals surface area contributed by atoms with Crippen LogP contribution in [0, 0.1) is 0 Å². The Bertz CT molecular complexity index is 538. The van der Waals surface area contributed by atoms with Crippen LogP contribution >= 0.6 is 0 Å². The third-order valence-electron chi connectivity index (χ3n) is 4.24. The predicted molar refractivity (Wildman–Crippen MR) is 80.1 cm³/mol. The maximum atomic E-state index is 12.1. The molecule has 1 aromatic rings. The molecule has 0 aliphatic heterocycles. The molecule has 3 N–H and O–H groups in total. The SMILES string of the molecule is CN(CCc1ccccc1C(=O)O)C(=O)CC1(N)CCC1. The summed E-state index contributed by atoms with van der Waals surface area (Å²) in [5.74, 6) is -0.903. The number of carbonyl (C=O) groups is 2. The van der Waals surface area contributed by atoms with Crippen LogP contribution in [0.2, 0.25) is 0 Å². The zero-order chi connectivity index (χ0) is 15.5. The Morgan fingerprint density at radius 1 is 1.33 bits per heavy atom. The van der Waals surface area contributed by atoms with Crippen molar-refractivity contribution in [1.29, 1.82) is 0 Å². The highest BCUT2D eigenvalue weighted by molar-refractivity contribution is 5.89. The summed E-state index contributed by atoms with van der Waals surface area (Å²) in [4.78, 5) is 24.9. The Morgan fingerprint density at radius 3 is 2.57 bits per heavy atom. The average Bonchev–Trinajstić information content (AvgIpc) is 2.43. The number of likely N-dealkylation sites (N-methyl/N-ethyl adjacent to an activating group) is 1. The van der Waals surface area contributed by atoms with Gasteiger partial charge in [0.25, 0.3) is 0 Å². The van der Waals surface area contributed by atoms with Crippen molar-refractivity contribution in [2.24, 2.45) is 5.73 Å². The first-order chi connectivity index (χ1) is 9.91. The molecule has 0 saturated heterocycles. The van der Waals surface area contributed by atoms with Gasteiger partial charge in [-0.1, -0.05) is 18.2 Å². The van der Waals surface area contributed by atoms with Gasteiger partial charge in [0.2, 0.25) is 5.91 Å². The zero-order valence-electron chi connectivity index (χ0n) is 12.3. The number of carboxylic acids is 1. The van der Waals surface area contributed by atoms with Gasteiger partial charge in [-0.15, -0.1) is 0 Å². The van der Waals surface area contributed by atoms with Crippen LogP contribution in [-0.4, -0.2) is 41.0 Å². The van der Waals surface area contributed by atoms with Crippen molar-refractivity contribution in [3.8, 4) is 0 Å². The number of hydrogen-bond acceptors (Lipinski definition) is 3. The quantitative estimate of drug-likeness (QED) is 0.834. The summed E-state index contributed by atoms with van der Waals surface area (Å²) >= 11 is 0. The second-order valence-electron chi connectivity index (χ2n) is 5.92. The fourth-order valence-corrected chi connectivity index (χ4v) is 2.60. The number of aromatic carboxylic acids is 1. The number of nitrogens with zero attached hydrogens (tertiary/aromatic N) is 1. The van der Waals surface area contributed by atoms with Gasteiger partial charge in [0.15, 0.2) is 0 Å². The molecule has 1 aliphatic carbocycles. The number of amides is 1. The fourth-order valence-electron chi connectivity index (χ4n) is 2.60. The van der Waals surface area contributed by atoms with E-state index in [-0.39, 0.29) is 11.4 Å². The van der Waals surface area contributed by atoms with Crippen LogP contribution in [0.5, 0.6) is 0 Å². The lowest BCUT2D eigenvalue weighted by Gasteiger charge is -2.38. The van der Waals surface area contributed by atoms with Crippen molar-refractivity contribution in [1.82, 2.24) is 4.90 Å². The molecule has 114 valence electrons. The first-order valence-corrected chi connectivity index (χ1v) is 7.25. The zero-order valence-corrected chi connectivity index (χ0v) is 12.3. The minimum Gasteiger partial charge on any atom is -0.478 e. The van der Waals surface area contributed by atoms with Gasteiger partial charge in [-0.05, 0) is 37.3 Å². The standard InChI is InChI=1S/C16H22N2O3/c1-18(14(19)11-16(17)8-4-9-16)10-7-12-5-2-3-6-13(12)15(20)21/h2-3,5-6H,4,7-11,17H2,1H3,(H,20,21). The second-order valence-corrected chi connectivity index (χ2v) is 5.92. The highest BCUT2D eigenvalue weighted by Gasteiger charge is 2.35. The van der Waals surface area contributed by atoms with Gasteiger partial charge in [0.1, 0.15) is 0 Å². The maximum Gasteiger partial charge on any atom is 0.335 e. The van der Waals surface area contributed by atoms with Gasteiger partial charge in [0, 0.05) is 25.6 Å². The van der Waals surface area contributed by atoms with Crippen LogP contribution in [0.25, 0.3) is 0 Å². The summed E-state index contributed by atoms with van der Waals surface area (Å²) in [5, 5.41) is 9.14. The van der Waals surface area contributed by atoms with Crippen LogP contribution in [-0.2, 0) is 11.2 Å². The molecular formula is C16H22N2O3. The van der Waals surface area contributed by atoms with E-state index in [4.69, 9.17) is 10.8 Å². The van der Waals surface area contributed by atoms with Gasteiger partial charge in [-0.3, -0.25) is 4.79 Å². The third-order valence-corrected chi connectivity index (χ3v) is 4.24. The molecule has 0 radical (unpaired) electrons. The van der Waals surface area contributed by atoms with E-state index in [1.54, 1.807) is 30.1 Å². The second kappa shape index (κ2) is 6.26. The van der Waals surface area contributed by atoms with Crippen LogP contribution < -0.4 is 5.73 Å². The Morgan fingerprint density at radius 2 is 2.00 bits per heavy atom. The molecule has 1 saturated carbocycles. The molecule has 0 heterocycles. The Kier molecular flexibility index (Phi) is 4.63. The summed E-state index contributed by atoms with van der Waals surface area (Å²) in [6.07, 6.45) is 3.83. The summed E-state index contributed by atoms with van der Waals surface area (Å²) in [5.41, 5.74) is 6.82. The lowest BCUT2D eigenvalue weighted by atomic mass is 9.75. The van der Waals surface area contributed by atoms with Crippen LogP contribution in [0.4, 0.5) is 0 Å². The van der Waals surface area contributed by atoms with Crippen molar-refractivity contribution < 1.29 is 14.7 Å². The van der Waals surface area contributed by atoms with Gasteiger partial charge in [-0.2, -0.15) is 0 Å². The van der Waals surface area contributed by atoms with Gasteiger partial charge < -0.3 is 15.7 Å². The normalized spacial score (nSPS) is 16.1. The number of carbonyl (C=O) groups excluding carboxylic acids is 1. The van der Waals surface area contributed by atoms with E-state index in [1.807, 2.05) is 6.07 Å². The van der Waals surface area contributed by atoms with E-state index in [0.29, 0.717) is 24.9 Å². The molecule has 1 aromatic carbocycles. The molecule has 1 aliphatic rings. The smallest absolute Gasteiger partial charge is 0.335 e. The van der Waals surface area contributed by atoms with Crippen molar-refractivity contribution >= 4 is 11.9 Å². The number of benzene rings is 1. The van der Waals surface area contributed by atoms with E-state index in [2.05, 4.69) is 0 Å². The minimum absolute atomic E-state index is 0.0324. The largest absolute Gasteiger partial charge is 0.478 e. The highest BCUT2D eigenvalue weighted by atomic mass is 16.4. The van der Waals surface area contributed by atoms with Crippen molar-refractivity contribution in [2.75, 3.05) is 13.6 Å². The Balaban J connectivity index is 1.90. The summed E-state index contributed by atoms with van der Waals surface area (Å²) in [6, 6.07) is 6.89. The lowest BCUT2D eigenvalue weighted by molar-refractivity contribution is -0.131. The fraction of sp³-hybridized carbons (Fsp3) is 0.500. The number of carboxylic acid groups (broad SMARTS) is 1. The first-order valence-electron chi connectivity index (χ1n) is 7.25. The predicted octanol–water partition coefficient (Wildman–Crippen LogP) is 1.66. The topological polar surface area (TPSA) is 83.6 Å². The molecule has 1 amide bonds. The van der Waals surface area contributed by atoms with Crippen LogP contribution in [0.3, 0.4) is 0 Å². The molecular weight excluding hydrogens is 268 g/mol. The Hall–Kier alpha value is -1.88. The molecule has 5 heteroatoms. The summed E-state index contributed by atoms with van der Waals surface area (Å²) < 4.78 is 0. The monoisotopic (exact) mass is 290 g/mol. The molecule has 0 spiro atoms. The maximum absolute atomic E-state index is 12.1. The lowest BCUT2D eigenvalue weighted by Crippen LogP contribution is -2.50. The molecule has 0 unspecified atom stereocenters. The molecule has 0 aromatic heterocycles. The van der Waals surface area contributed by atoms with Gasteiger partial charge >= 0.3 is 5.97 Å². The van der Waals surface area contributed by atoms with Crippen molar-refractivity contribution in [3.63, 3.8) is 0 Å². The average molecular weight is 290 g/mol. The van der Waals surface area contributed by atoms with E-state index < -0.39 is 5.97 Å². The molecule has 0 bridgehead atoms.